The first-order valence-electron chi connectivity index (χ1n) is 7.66. The fraction of sp³-hybridized carbons (Fsp3) is 0.588. The Labute approximate surface area is 115 Å². The number of amides is 1. The third-order valence-electron chi connectivity index (χ3n) is 4.72. The molecular weight excluding hydrogens is 234 g/mol. The zero-order valence-electron chi connectivity index (χ0n) is 11.7. The van der Waals surface area contributed by atoms with E-state index in [2.05, 4.69) is 36.1 Å². The summed E-state index contributed by atoms with van der Waals surface area (Å²) in [5.74, 6) is 1.16. The highest BCUT2D eigenvalue weighted by atomic mass is 16.2. The molecule has 3 atom stereocenters. The highest BCUT2D eigenvalue weighted by molar-refractivity contribution is 5.83. The Bertz CT molecular complexity index is 442. The summed E-state index contributed by atoms with van der Waals surface area (Å²) >= 11 is 0. The Balaban J connectivity index is 1.66. The van der Waals surface area contributed by atoms with Gasteiger partial charge in [-0.25, -0.2) is 0 Å². The van der Waals surface area contributed by atoms with Gasteiger partial charge in [0.1, 0.15) is 0 Å². The number of hydrogen-bond acceptors (Lipinski definition) is 1. The van der Waals surface area contributed by atoms with Crippen LogP contribution in [0.5, 0.6) is 0 Å². The lowest BCUT2D eigenvalue weighted by Crippen LogP contribution is -2.44. The summed E-state index contributed by atoms with van der Waals surface area (Å²) < 4.78 is 0. The SMILES string of the molecule is CC[C@@H]1CCCCN1C(=O)[C@H]1C[C@H]1c1ccccc1. The minimum atomic E-state index is 0.259. The second-order valence-corrected chi connectivity index (χ2v) is 5.95. The highest BCUT2D eigenvalue weighted by Crippen LogP contribution is 2.49. The highest BCUT2D eigenvalue weighted by Gasteiger charge is 2.46. The standard InChI is InChI=1S/C17H23NO/c1-2-14-10-6-7-11-18(14)17(19)16-12-15(16)13-8-4-3-5-9-13/h3-5,8-9,14-16H,2,6-7,10-12H2,1H3/t14-,15+,16+/m1/s1. The summed E-state index contributed by atoms with van der Waals surface area (Å²) in [5, 5.41) is 0. The Hall–Kier alpha value is -1.31. The maximum absolute atomic E-state index is 12.6. The fourth-order valence-corrected chi connectivity index (χ4v) is 3.46. The first kappa shape index (κ1) is 12.7. The summed E-state index contributed by atoms with van der Waals surface area (Å²) in [6.07, 6.45) is 5.83. The van der Waals surface area contributed by atoms with E-state index in [1.54, 1.807) is 0 Å². The van der Waals surface area contributed by atoms with Crippen molar-refractivity contribution in [1.82, 2.24) is 4.90 Å². The third kappa shape index (κ3) is 2.54. The first-order valence-corrected chi connectivity index (χ1v) is 7.66. The first-order chi connectivity index (χ1) is 9.31. The van der Waals surface area contributed by atoms with Crippen LogP contribution in [0.2, 0.25) is 0 Å². The van der Waals surface area contributed by atoms with Gasteiger partial charge in [0.2, 0.25) is 5.91 Å². The molecule has 102 valence electrons. The van der Waals surface area contributed by atoms with Gasteiger partial charge in [0.05, 0.1) is 0 Å². The minimum Gasteiger partial charge on any atom is -0.339 e. The van der Waals surface area contributed by atoms with E-state index in [-0.39, 0.29) is 5.92 Å². The quantitative estimate of drug-likeness (QED) is 0.810. The number of piperidine rings is 1. The summed E-state index contributed by atoms with van der Waals surface area (Å²) in [7, 11) is 0. The van der Waals surface area contributed by atoms with Crippen molar-refractivity contribution in [2.24, 2.45) is 5.92 Å². The molecule has 1 saturated heterocycles. The average Bonchev–Trinajstić information content (AvgIpc) is 3.28. The maximum atomic E-state index is 12.6. The van der Waals surface area contributed by atoms with Crippen molar-refractivity contribution in [3.63, 3.8) is 0 Å². The molecule has 2 aliphatic rings. The topological polar surface area (TPSA) is 20.3 Å². The number of rotatable bonds is 3. The second-order valence-electron chi connectivity index (χ2n) is 5.95. The van der Waals surface area contributed by atoms with Crippen molar-refractivity contribution >= 4 is 5.91 Å². The zero-order valence-corrected chi connectivity index (χ0v) is 11.7. The van der Waals surface area contributed by atoms with Gasteiger partial charge in [-0.3, -0.25) is 4.79 Å². The maximum Gasteiger partial charge on any atom is 0.226 e. The van der Waals surface area contributed by atoms with Gasteiger partial charge < -0.3 is 4.90 Å². The van der Waals surface area contributed by atoms with E-state index in [1.807, 2.05) is 6.07 Å². The Morgan fingerprint density at radius 1 is 1.26 bits per heavy atom. The van der Waals surface area contributed by atoms with Gasteiger partial charge in [0.15, 0.2) is 0 Å². The summed E-state index contributed by atoms with van der Waals surface area (Å²) in [5.41, 5.74) is 1.34. The summed E-state index contributed by atoms with van der Waals surface area (Å²) in [4.78, 5) is 14.8. The Kier molecular flexibility index (Phi) is 3.58. The molecule has 2 nitrogen and oxygen atoms in total. The molecule has 2 heteroatoms. The molecule has 1 amide bonds. The normalized spacial score (nSPS) is 30.2. The average molecular weight is 257 g/mol. The molecule has 0 N–H and O–H groups in total. The molecule has 1 aromatic carbocycles. The van der Waals surface area contributed by atoms with E-state index < -0.39 is 0 Å². The van der Waals surface area contributed by atoms with Crippen LogP contribution in [-0.2, 0) is 4.79 Å². The minimum absolute atomic E-state index is 0.259. The van der Waals surface area contributed by atoms with Crippen LogP contribution in [0.25, 0.3) is 0 Å². The molecule has 2 fully saturated rings. The van der Waals surface area contributed by atoms with E-state index in [9.17, 15) is 4.79 Å². The van der Waals surface area contributed by atoms with Crippen molar-refractivity contribution in [3.05, 3.63) is 35.9 Å². The van der Waals surface area contributed by atoms with Crippen LogP contribution in [0, 0.1) is 5.92 Å². The van der Waals surface area contributed by atoms with Crippen molar-refractivity contribution < 1.29 is 4.79 Å². The van der Waals surface area contributed by atoms with Crippen molar-refractivity contribution in [2.45, 2.75) is 51.0 Å². The van der Waals surface area contributed by atoms with E-state index in [0.29, 0.717) is 17.9 Å². The smallest absolute Gasteiger partial charge is 0.226 e. The van der Waals surface area contributed by atoms with Crippen LogP contribution in [0.1, 0.15) is 50.5 Å². The Morgan fingerprint density at radius 2 is 2.05 bits per heavy atom. The van der Waals surface area contributed by atoms with Gasteiger partial charge in [0, 0.05) is 18.5 Å². The molecule has 1 aliphatic heterocycles. The van der Waals surface area contributed by atoms with Gasteiger partial charge in [-0.2, -0.15) is 0 Å². The van der Waals surface area contributed by atoms with Gasteiger partial charge in [-0.05, 0) is 43.6 Å². The second kappa shape index (κ2) is 5.36. The summed E-state index contributed by atoms with van der Waals surface area (Å²) in [6, 6.07) is 11.0. The van der Waals surface area contributed by atoms with E-state index in [4.69, 9.17) is 0 Å². The molecule has 0 bridgehead atoms. The van der Waals surface area contributed by atoms with Gasteiger partial charge >= 0.3 is 0 Å². The van der Waals surface area contributed by atoms with E-state index in [1.165, 1.54) is 24.8 Å². The van der Waals surface area contributed by atoms with Crippen LogP contribution >= 0.6 is 0 Å². The van der Waals surface area contributed by atoms with Crippen molar-refractivity contribution in [3.8, 4) is 0 Å². The molecular formula is C17H23NO. The van der Waals surface area contributed by atoms with Crippen molar-refractivity contribution in [2.75, 3.05) is 6.54 Å². The molecule has 1 aromatic rings. The monoisotopic (exact) mass is 257 g/mol. The molecule has 0 unspecified atom stereocenters. The van der Waals surface area contributed by atoms with Gasteiger partial charge in [0.25, 0.3) is 0 Å². The number of nitrogens with zero attached hydrogens (tertiary/aromatic N) is 1. The molecule has 0 spiro atoms. The van der Waals surface area contributed by atoms with Crippen LogP contribution in [0.15, 0.2) is 30.3 Å². The predicted octanol–water partition coefficient (Wildman–Crippen LogP) is 3.58. The molecule has 1 heterocycles. The number of carbonyl (C=O) groups is 1. The fourth-order valence-electron chi connectivity index (χ4n) is 3.46. The van der Waals surface area contributed by atoms with E-state index in [0.717, 1.165) is 19.4 Å². The molecule has 1 saturated carbocycles. The number of likely N-dealkylation sites (tertiary alicyclic amines) is 1. The number of hydrogen-bond donors (Lipinski definition) is 0. The zero-order chi connectivity index (χ0) is 13.2. The number of carbonyl (C=O) groups excluding carboxylic acids is 1. The molecule has 0 aromatic heterocycles. The largest absolute Gasteiger partial charge is 0.339 e. The van der Waals surface area contributed by atoms with Crippen LogP contribution < -0.4 is 0 Å². The van der Waals surface area contributed by atoms with Gasteiger partial charge in [-0.15, -0.1) is 0 Å². The van der Waals surface area contributed by atoms with E-state index >= 15 is 0 Å². The molecule has 3 rings (SSSR count). The summed E-state index contributed by atoms with van der Waals surface area (Å²) in [6.45, 7) is 3.19. The molecule has 1 aliphatic carbocycles. The van der Waals surface area contributed by atoms with Crippen LogP contribution in [-0.4, -0.2) is 23.4 Å². The van der Waals surface area contributed by atoms with Crippen LogP contribution in [0.3, 0.4) is 0 Å². The van der Waals surface area contributed by atoms with Crippen LogP contribution in [0.4, 0.5) is 0 Å². The predicted molar refractivity (Wildman–Crippen MR) is 76.9 cm³/mol. The van der Waals surface area contributed by atoms with Gasteiger partial charge in [-0.1, -0.05) is 37.3 Å². The lowest BCUT2D eigenvalue weighted by molar-refractivity contribution is -0.136. The van der Waals surface area contributed by atoms with Crippen molar-refractivity contribution in [1.29, 1.82) is 0 Å². The number of benzene rings is 1. The Morgan fingerprint density at radius 3 is 2.79 bits per heavy atom. The third-order valence-corrected chi connectivity index (χ3v) is 4.72. The molecule has 0 radical (unpaired) electrons. The molecule has 19 heavy (non-hydrogen) atoms. The lowest BCUT2D eigenvalue weighted by Gasteiger charge is -2.35. The lowest BCUT2D eigenvalue weighted by atomic mass is 9.99.